The number of anilines is 2. The Hall–Kier alpha value is -3.98. The molecule has 9 heteroatoms. The highest BCUT2D eigenvalue weighted by molar-refractivity contribution is 7.80. The van der Waals surface area contributed by atoms with Gasteiger partial charge in [0.25, 0.3) is 5.91 Å². The second kappa shape index (κ2) is 9.23. The Morgan fingerprint density at radius 1 is 1.06 bits per heavy atom. The normalized spacial score (nSPS) is 10.3. The van der Waals surface area contributed by atoms with Crippen LogP contribution in [0.2, 0.25) is 0 Å². The zero-order valence-corrected chi connectivity index (χ0v) is 17.2. The van der Waals surface area contributed by atoms with Crippen molar-refractivity contribution in [2.75, 3.05) is 12.0 Å². The Bertz CT molecular complexity index is 1140. The molecule has 0 fully saturated rings. The number of thiocarbonyl (C=S) groups is 1. The molecule has 4 N–H and O–H groups in total. The molecular weight excluding hydrogens is 421 g/mol. The van der Waals surface area contributed by atoms with E-state index < -0.39 is 34.1 Å². The zero-order valence-electron chi connectivity index (χ0n) is 16.3. The zero-order chi connectivity index (χ0) is 22.5. The average Bonchev–Trinajstić information content (AvgIpc) is 2.75. The van der Waals surface area contributed by atoms with Gasteiger partial charge in [-0.2, -0.15) is 0 Å². The van der Waals surface area contributed by atoms with Crippen LogP contribution in [-0.2, 0) is 0 Å². The fraction of sp³-hybridized carbons (Fsp3) is 0.0455. The van der Waals surface area contributed by atoms with Gasteiger partial charge in [0.2, 0.25) is 0 Å². The summed E-state index contributed by atoms with van der Waals surface area (Å²) in [5, 5.41) is 12.9. The summed E-state index contributed by atoms with van der Waals surface area (Å²) in [6, 6.07) is 16.2. The Morgan fingerprint density at radius 3 is 2.29 bits per heavy atom. The number of carbonyl (C=O) groups is 2. The lowest BCUT2D eigenvalue weighted by atomic mass is 10.1. The molecule has 3 amide bonds. The van der Waals surface area contributed by atoms with Crippen LogP contribution in [0.3, 0.4) is 0 Å². The lowest BCUT2D eigenvalue weighted by Crippen LogP contribution is -2.35. The molecule has 0 spiro atoms. The third-order valence-electron chi connectivity index (χ3n) is 4.36. The highest BCUT2D eigenvalue weighted by atomic mass is 32.1. The van der Waals surface area contributed by atoms with Crippen molar-refractivity contribution in [3.05, 3.63) is 83.7 Å². The second-order valence-electron chi connectivity index (χ2n) is 6.31. The summed E-state index contributed by atoms with van der Waals surface area (Å²) in [5.41, 5.74) is 5.29. The summed E-state index contributed by atoms with van der Waals surface area (Å²) in [6.45, 7) is 0. The molecule has 0 aliphatic carbocycles. The van der Waals surface area contributed by atoms with E-state index in [0.29, 0.717) is 17.0 Å². The standard InChI is InChI=1S/C22H18FN3O4S/c1-30-15-9-7-13(8-10-15)21(28)26(14-5-3-2-4-6-14)17-12-11-16(23)18(19(17)27)20(31)25-22(24)29/h2-12,27H,1H3,(H3,24,25,29,31). The van der Waals surface area contributed by atoms with Crippen molar-refractivity contribution >= 4 is 40.5 Å². The maximum Gasteiger partial charge on any atom is 0.317 e. The number of ether oxygens (including phenoxy) is 1. The van der Waals surface area contributed by atoms with Crippen LogP contribution in [0.4, 0.5) is 20.6 Å². The van der Waals surface area contributed by atoms with Gasteiger partial charge in [0, 0.05) is 11.3 Å². The van der Waals surface area contributed by atoms with Gasteiger partial charge in [0.05, 0.1) is 18.4 Å². The molecule has 3 aromatic carbocycles. The van der Waals surface area contributed by atoms with Gasteiger partial charge in [-0.25, -0.2) is 9.18 Å². The molecule has 0 saturated heterocycles. The van der Waals surface area contributed by atoms with Crippen molar-refractivity contribution in [1.29, 1.82) is 0 Å². The average molecular weight is 439 g/mol. The highest BCUT2D eigenvalue weighted by Crippen LogP contribution is 2.38. The largest absolute Gasteiger partial charge is 0.505 e. The number of amides is 3. The second-order valence-corrected chi connectivity index (χ2v) is 6.72. The number of hydrogen-bond acceptors (Lipinski definition) is 5. The first-order valence-corrected chi connectivity index (χ1v) is 9.40. The molecule has 7 nitrogen and oxygen atoms in total. The number of urea groups is 1. The van der Waals surface area contributed by atoms with E-state index in [2.05, 4.69) is 5.32 Å². The van der Waals surface area contributed by atoms with Crippen molar-refractivity contribution in [2.45, 2.75) is 0 Å². The van der Waals surface area contributed by atoms with Crippen LogP contribution < -0.4 is 20.7 Å². The van der Waals surface area contributed by atoms with Crippen LogP contribution >= 0.6 is 12.2 Å². The Morgan fingerprint density at radius 2 is 1.71 bits per heavy atom. The highest BCUT2D eigenvalue weighted by Gasteiger charge is 2.26. The monoisotopic (exact) mass is 439 g/mol. The number of nitrogens with one attached hydrogen (secondary N) is 1. The number of primary amides is 1. The van der Waals surface area contributed by atoms with Gasteiger partial charge in [-0.15, -0.1) is 0 Å². The number of halogens is 1. The van der Waals surface area contributed by atoms with Gasteiger partial charge >= 0.3 is 6.03 Å². The smallest absolute Gasteiger partial charge is 0.317 e. The molecule has 0 unspecified atom stereocenters. The van der Waals surface area contributed by atoms with Crippen LogP contribution in [0.1, 0.15) is 15.9 Å². The van der Waals surface area contributed by atoms with E-state index in [9.17, 15) is 19.1 Å². The molecule has 0 atom stereocenters. The van der Waals surface area contributed by atoms with Crippen LogP contribution in [0.15, 0.2) is 66.7 Å². The molecule has 31 heavy (non-hydrogen) atoms. The van der Waals surface area contributed by atoms with E-state index in [1.165, 1.54) is 18.1 Å². The summed E-state index contributed by atoms with van der Waals surface area (Å²) in [7, 11) is 1.51. The van der Waals surface area contributed by atoms with E-state index in [1.54, 1.807) is 54.6 Å². The predicted molar refractivity (Wildman–Crippen MR) is 118 cm³/mol. The fourth-order valence-corrected chi connectivity index (χ4v) is 3.23. The van der Waals surface area contributed by atoms with Crippen LogP contribution in [0, 0.1) is 5.82 Å². The topological polar surface area (TPSA) is 105 Å². The lowest BCUT2D eigenvalue weighted by molar-refractivity contribution is 0.0998. The molecule has 0 radical (unpaired) electrons. The lowest BCUT2D eigenvalue weighted by Gasteiger charge is -2.25. The first kappa shape index (κ1) is 21.7. The van der Waals surface area contributed by atoms with Gasteiger partial charge in [-0.05, 0) is 48.5 Å². The maximum absolute atomic E-state index is 14.4. The molecule has 3 aromatic rings. The Kier molecular flexibility index (Phi) is 6.46. The van der Waals surface area contributed by atoms with E-state index in [-0.39, 0.29) is 5.69 Å². The van der Waals surface area contributed by atoms with Crippen LogP contribution in [0.25, 0.3) is 0 Å². The summed E-state index contributed by atoms with van der Waals surface area (Å²) in [6.07, 6.45) is 0. The van der Waals surface area contributed by atoms with E-state index >= 15 is 0 Å². The molecule has 0 heterocycles. The van der Waals surface area contributed by atoms with Gasteiger partial charge < -0.3 is 15.6 Å². The SMILES string of the molecule is COc1ccc(C(=O)N(c2ccccc2)c2ccc(F)c(C(=S)NC(N)=O)c2O)cc1. The summed E-state index contributed by atoms with van der Waals surface area (Å²) in [5.74, 6) is -1.43. The van der Waals surface area contributed by atoms with E-state index in [1.807, 2.05) is 0 Å². The van der Waals surface area contributed by atoms with Crippen molar-refractivity contribution < 1.29 is 23.8 Å². The molecule has 0 aliphatic heterocycles. The number of phenols is 1. The molecule has 158 valence electrons. The number of rotatable bonds is 5. The van der Waals surface area contributed by atoms with Gasteiger partial charge in [-0.3, -0.25) is 15.0 Å². The molecule has 3 rings (SSSR count). The number of hydrogen-bond donors (Lipinski definition) is 3. The van der Waals surface area contributed by atoms with Gasteiger partial charge in [0.1, 0.15) is 16.6 Å². The number of para-hydroxylation sites is 1. The number of nitrogens with two attached hydrogens (primary N) is 1. The number of carbonyl (C=O) groups excluding carboxylic acids is 2. The van der Waals surface area contributed by atoms with E-state index in [0.717, 1.165) is 6.07 Å². The minimum absolute atomic E-state index is 0.0305. The Labute approximate surface area is 182 Å². The summed E-state index contributed by atoms with van der Waals surface area (Å²) >= 11 is 4.99. The number of aromatic hydroxyl groups is 1. The van der Waals surface area contributed by atoms with Crippen molar-refractivity contribution in [3.63, 3.8) is 0 Å². The summed E-state index contributed by atoms with van der Waals surface area (Å²) < 4.78 is 19.6. The third-order valence-corrected chi connectivity index (χ3v) is 4.67. The number of phenolic OH excluding ortho intramolecular Hbond substituents is 1. The molecule has 0 saturated carbocycles. The quantitative estimate of drug-likeness (QED) is 0.524. The Balaban J connectivity index is 2.15. The van der Waals surface area contributed by atoms with Gasteiger partial charge in [0.15, 0.2) is 5.75 Å². The molecule has 0 bridgehead atoms. The predicted octanol–water partition coefficient (Wildman–Crippen LogP) is 3.86. The first-order chi connectivity index (χ1) is 14.8. The van der Waals surface area contributed by atoms with Crippen LogP contribution in [0.5, 0.6) is 11.5 Å². The first-order valence-electron chi connectivity index (χ1n) is 8.99. The molecule has 0 aromatic heterocycles. The molecule has 0 aliphatic rings. The minimum atomic E-state index is -1.01. The number of methoxy groups -OCH3 is 1. The number of benzene rings is 3. The summed E-state index contributed by atoms with van der Waals surface area (Å²) in [4.78, 5) is 25.3. The van der Waals surface area contributed by atoms with Gasteiger partial charge in [-0.1, -0.05) is 30.4 Å². The van der Waals surface area contributed by atoms with E-state index in [4.69, 9.17) is 22.7 Å². The minimum Gasteiger partial charge on any atom is -0.505 e. The molecular formula is C22H18FN3O4S. The van der Waals surface area contributed by atoms with Crippen molar-refractivity contribution in [1.82, 2.24) is 5.32 Å². The van der Waals surface area contributed by atoms with Crippen molar-refractivity contribution in [3.8, 4) is 11.5 Å². The van der Waals surface area contributed by atoms with Crippen molar-refractivity contribution in [2.24, 2.45) is 5.73 Å². The maximum atomic E-state index is 14.4. The third kappa shape index (κ3) is 4.62. The van der Waals surface area contributed by atoms with Crippen LogP contribution in [-0.4, -0.2) is 29.1 Å². The fourth-order valence-electron chi connectivity index (χ4n) is 2.93. The number of nitrogens with zero attached hydrogens (tertiary/aromatic N) is 1.